The monoisotopic (exact) mass is 441 g/mol. The van der Waals surface area contributed by atoms with Gasteiger partial charge in [-0.1, -0.05) is 0 Å². The Kier molecular flexibility index (Phi) is 10.4. The molecule has 0 spiro atoms. The van der Waals surface area contributed by atoms with E-state index in [1.54, 1.807) is 0 Å². The predicted octanol–water partition coefficient (Wildman–Crippen LogP) is 3.85. The fourth-order valence-electron chi connectivity index (χ4n) is 1.94. The van der Waals surface area contributed by atoms with Crippen LogP contribution in [0.2, 0.25) is 0 Å². The molecule has 0 nitrogen and oxygen atoms in total. The molecule has 0 amide bonds. The van der Waals surface area contributed by atoms with Gasteiger partial charge in [-0.3, -0.25) is 0 Å². The molecular formula is C18H18Cl3Ru. The van der Waals surface area contributed by atoms with Crippen LogP contribution in [0.3, 0.4) is 0 Å². The normalized spacial score (nSPS) is 9.55. The van der Waals surface area contributed by atoms with Crippen LogP contribution in [0, 0.1) is 0 Å². The molecule has 0 aliphatic carbocycles. The quantitative estimate of drug-likeness (QED) is 0.542. The van der Waals surface area contributed by atoms with Crippen molar-refractivity contribution in [3.63, 3.8) is 0 Å². The zero-order chi connectivity index (χ0) is 12.9. The van der Waals surface area contributed by atoms with Crippen LogP contribution < -0.4 is 12.5 Å². The molecule has 0 aromatic heterocycles. The minimum absolute atomic E-state index is 0. The van der Waals surface area contributed by atoms with Gasteiger partial charge in [0, 0.05) is 0 Å². The van der Waals surface area contributed by atoms with Crippen LogP contribution in [-0.4, -0.2) is 0 Å². The molecule has 0 aliphatic rings. The molecule has 119 valence electrons. The van der Waals surface area contributed by atoms with Crippen LogP contribution in [0.5, 0.6) is 0 Å². The molecule has 0 N–H and O–H groups in total. The van der Waals surface area contributed by atoms with Gasteiger partial charge in [-0.05, 0) is 0 Å². The SMILES string of the molecule is Cl.Cl.Cl.c1cc[c]([Ru]([c]2ccccc2)[c]2ccccc2)cc1. The summed E-state index contributed by atoms with van der Waals surface area (Å²) < 4.78 is 4.43. The summed E-state index contributed by atoms with van der Waals surface area (Å²) in [6.07, 6.45) is 0. The van der Waals surface area contributed by atoms with Crippen LogP contribution in [-0.2, 0) is 16.0 Å². The first-order valence-electron chi connectivity index (χ1n) is 6.26. The molecule has 0 aliphatic heterocycles. The van der Waals surface area contributed by atoms with Gasteiger partial charge in [0.05, 0.1) is 0 Å². The Labute approximate surface area is 156 Å². The molecule has 0 heterocycles. The maximum atomic E-state index is 2.26. The van der Waals surface area contributed by atoms with E-state index in [2.05, 4.69) is 91.0 Å². The van der Waals surface area contributed by atoms with Crippen molar-refractivity contribution in [3.8, 4) is 0 Å². The van der Waals surface area contributed by atoms with E-state index in [4.69, 9.17) is 0 Å². The van der Waals surface area contributed by atoms with E-state index in [1.165, 1.54) is 12.5 Å². The van der Waals surface area contributed by atoms with Crippen LogP contribution in [0.15, 0.2) is 91.0 Å². The minimum atomic E-state index is -1.36. The Morgan fingerprint density at radius 1 is 0.364 bits per heavy atom. The van der Waals surface area contributed by atoms with E-state index in [0.29, 0.717) is 0 Å². The molecule has 0 unspecified atom stereocenters. The zero-order valence-electron chi connectivity index (χ0n) is 11.7. The van der Waals surface area contributed by atoms with Crippen LogP contribution in [0.1, 0.15) is 0 Å². The molecule has 3 aromatic rings. The van der Waals surface area contributed by atoms with Crippen LogP contribution in [0.4, 0.5) is 0 Å². The molecule has 3 aromatic carbocycles. The summed E-state index contributed by atoms with van der Waals surface area (Å²) in [6, 6.07) is 32.7. The molecule has 0 bridgehead atoms. The molecule has 0 atom stereocenters. The summed E-state index contributed by atoms with van der Waals surface area (Å²) in [7, 11) is 0. The van der Waals surface area contributed by atoms with Gasteiger partial charge >= 0.3 is 119 Å². The standard InChI is InChI=1S/3C6H5.3ClH.Ru/c3*1-2-4-6-5-3-1;;;;/h3*1-5H;3*1H;. The van der Waals surface area contributed by atoms with E-state index in [0.717, 1.165) is 0 Å². The van der Waals surface area contributed by atoms with Crippen LogP contribution in [0.25, 0.3) is 0 Å². The molecule has 0 radical (unpaired) electrons. The van der Waals surface area contributed by atoms with Gasteiger partial charge in [-0.25, -0.2) is 0 Å². The van der Waals surface area contributed by atoms with E-state index < -0.39 is 16.0 Å². The third-order valence-corrected chi connectivity index (χ3v) is 7.54. The van der Waals surface area contributed by atoms with E-state index in [1.807, 2.05) is 0 Å². The summed E-state index contributed by atoms with van der Waals surface area (Å²) in [5.74, 6) is 0. The van der Waals surface area contributed by atoms with Crippen LogP contribution >= 0.6 is 37.2 Å². The summed E-state index contributed by atoms with van der Waals surface area (Å²) >= 11 is -1.36. The van der Waals surface area contributed by atoms with Gasteiger partial charge in [-0.15, -0.1) is 37.2 Å². The number of benzene rings is 3. The van der Waals surface area contributed by atoms with Crippen molar-refractivity contribution in [2.45, 2.75) is 0 Å². The predicted molar refractivity (Wildman–Crippen MR) is 100.0 cm³/mol. The summed E-state index contributed by atoms with van der Waals surface area (Å²) in [5, 5.41) is 0. The van der Waals surface area contributed by atoms with Crippen molar-refractivity contribution < 1.29 is 16.0 Å². The molecular weight excluding hydrogens is 424 g/mol. The van der Waals surface area contributed by atoms with Crippen molar-refractivity contribution in [1.29, 1.82) is 0 Å². The third kappa shape index (κ3) is 5.11. The molecule has 0 saturated heterocycles. The molecule has 22 heavy (non-hydrogen) atoms. The molecule has 0 fully saturated rings. The number of halogens is 3. The van der Waals surface area contributed by atoms with Crippen molar-refractivity contribution in [3.05, 3.63) is 91.0 Å². The van der Waals surface area contributed by atoms with Gasteiger partial charge in [0.2, 0.25) is 0 Å². The number of rotatable bonds is 3. The van der Waals surface area contributed by atoms with E-state index in [9.17, 15) is 0 Å². The average molecular weight is 442 g/mol. The first-order chi connectivity index (χ1) is 9.45. The Bertz CT molecular complexity index is 536. The second-order valence-electron chi connectivity index (χ2n) is 4.11. The van der Waals surface area contributed by atoms with Crippen molar-refractivity contribution in [2.24, 2.45) is 0 Å². The first-order valence-corrected chi connectivity index (χ1v) is 8.87. The van der Waals surface area contributed by atoms with Gasteiger partial charge in [0.1, 0.15) is 0 Å². The second-order valence-corrected chi connectivity index (χ2v) is 8.42. The topological polar surface area (TPSA) is 0 Å². The Morgan fingerprint density at radius 2 is 0.591 bits per heavy atom. The van der Waals surface area contributed by atoms with Gasteiger partial charge in [0.15, 0.2) is 0 Å². The number of hydrogen-bond donors (Lipinski definition) is 0. The van der Waals surface area contributed by atoms with E-state index >= 15 is 0 Å². The Balaban J connectivity index is 0.00000147. The second kappa shape index (κ2) is 10.8. The summed E-state index contributed by atoms with van der Waals surface area (Å²) in [5.41, 5.74) is 0. The average Bonchev–Trinajstić information content (AvgIpc) is 2.51. The first kappa shape index (κ1) is 21.2. The van der Waals surface area contributed by atoms with Gasteiger partial charge in [0.25, 0.3) is 0 Å². The Morgan fingerprint density at radius 3 is 0.818 bits per heavy atom. The number of hydrogen-bond acceptors (Lipinski definition) is 0. The third-order valence-electron chi connectivity index (χ3n) is 2.79. The fraction of sp³-hybridized carbons (Fsp3) is 0. The zero-order valence-corrected chi connectivity index (χ0v) is 15.9. The molecule has 3 rings (SSSR count). The van der Waals surface area contributed by atoms with Crippen molar-refractivity contribution >= 4 is 49.7 Å². The summed E-state index contributed by atoms with van der Waals surface area (Å²) in [4.78, 5) is 0. The van der Waals surface area contributed by atoms with Gasteiger partial charge in [-0.2, -0.15) is 0 Å². The van der Waals surface area contributed by atoms with Crippen molar-refractivity contribution in [2.75, 3.05) is 0 Å². The van der Waals surface area contributed by atoms with Crippen molar-refractivity contribution in [1.82, 2.24) is 0 Å². The molecule has 4 heteroatoms. The Hall–Kier alpha value is -0.847. The maximum absolute atomic E-state index is 2.26. The fourth-order valence-corrected chi connectivity index (χ4v) is 6.42. The molecule has 0 saturated carbocycles. The van der Waals surface area contributed by atoms with E-state index in [-0.39, 0.29) is 37.2 Å². The van der Waals surface area contributed by atoms with Gasteiger partial charge < -0.3 is 0 Å². The summed E-state index contributed by atoms with van der Waals surface area (Å²) in [6.45, 7) is 0.